The number of hydrogen-bond acceptors (Lipinski definition) is 3. The van der Waals surface area contributed by atoms with Crippen molar-refractivity contribution >= 4 is 5.91 Å². The van der Waals surface area contributed by atoms with Crippen LogP contribution in [-0.4, -0.2) is 41.2 Å². The van der Waals surface area contributed by atoms with Crippen molar-refractivity contribution < 1.29 is 14.6 Å². The molecule has 0 heterocycles. The monoisotopic (exact) mass is 293 g/mol. The molecular weight excluding hydrogens is 266 g/mol. The quantitative estimate of drug-likeness (QED) is 0.841. The van der Waals surface area contributed by atoms with Crippen molar-refractivity contribution in [2.24, 2.45) is 0 Å². The van der Waals surface area contributed by atoms with E-state index in [-0.39, 0.29) is 12.5 Å². The zero-order valence-corrected chi connectivity index (χ0v) is 13.7. The number of nitrogens with zero attached hydrogens (tertiary/aromatic N) is 1. The first-order chi connectivity index (χ1) is 9.74. The van der Waals surface area contributed by atoms with Crippen LogP contribution in [0.1, 0.15) is 46.1 Å². The van der Waals surface area contributed by atoms with Crippen LogP contribution in [0.15, 0.2) is 24.3 Å². The van der Waals surface area contributed by atoms with Gasteiger partial charge in [-0.2, -0.15) is 0 Å². The molecule has 4 heteroatoms. The van der Waals surface area contributed by atoms with Crippen LogP contribution in [-0.2, 0) is 4.79 Å². The lowest BCUT2D eigenvalue weighted by molar-refractivity contribution is -0.136. The van der Waals surface area contributed by atoms with Crippen LogP contribution in [0.25, 0.3) is 0 Å². The van der Waals surface area contributed by atoms with E-state index in [4.69, 9.17) is 4.74 Å². The first kappa shape index (κ1) is 17.5. The Labute approximate surface area is 127 Å². The number of ether oxygens (including phenoxy) is 1. The highest BCUT2D eigenvalue weighted by molar-refractivity contribution is 5.77. The Morgan fingerprint density at radius 1 is 1.33 bits per heavy atom. The summed E-state index contributed by atoms with van der Waals surface area (Å²) < 4.78 is 5.68. The van der Waals surface area contributed by atoms with Gasteiger partial charge in [-0.3, -0.25) is 4.79 Å². The molecule has 0 aliphatic rings. The van der Waals surface area contributed by atoms with Gasteiger partial charge in [-0.1, -0.05) is 32.0 Å². The van der Waals surface area contributed by atoms with E-state index in [2.05, 4.69) is 13.8 Å². The minimum Gasteiger partial charge on any atom is -0.483 e. The van der Waals surface area contributed by atoms with Gasteiger partial charge in [0.05, 0.1) is 5.60 Å². The van der Waals surface area contributed by atoms with Crippen molar-refractivity contribution in [2.45, 2.75) is 46.1 Å². The van der Waals surface area contributed by atoms with Crippen LogP contribution in [0, 0.1) is 0 Å². The lowest BCUT2D eigenvalue weighted by Gasteiger charge is -2.28. The number of rotatable bonds is 7. The Kier molecular flexibility index (Phi) is 6.21. The Balaban J connectivity index is 2.68. The van der Waals surface area contributed by atoms with Crippen LogP contribution >= 0.6 is 0 Å². The minimum atomic E-state index is -0.901. The highest BCUT2D eigenvalue weighted by atomic mass is 16.5. The van der Waals surface area contributed by atoms with Gasteiger partial charge in [0.2, 0.25) is 0 Å². The maximum atomic E-state index is 12.2. The summed E-state index contributed by atoms with van der Waals surface area (Å²) in [5.41, 5.74) is 0.192. The fourth-order valence-electron chi connectivity index (χ4n) is 2.16. The number of benzene rings is 1. The maximum Gasteiger partial charge on any atom is 0.260 e. The number of hydrogen-bond donors (Lipinski definition) is 1. The topological polar surface area (TPSA) is 49.8 Å². The SMILES string of the molecule is CCN(CC(C)(C)O)C(=O)COc1ccccc1C(C)C. The number of amides is 1. The van der Waals surface area contributed by atoms with Crippen molar-refractivity contribution in [3.8, 4) is 5.75 Å². The van der Waals surface area contributed by atoms with Crippen LogP contribution in [0.5, 0.6) is 5.75 Å². The molecule has 0 atom stereocenters. The first-order valence-corrected chi connectivity index (χ1v) is 7.46. The first-order valence-electron chi connectivity index (χ1n) is 7.46. The summed E-state index contributed by atoms with van der Waals surface area (Å²) in [5.74, 6) is 0.980. The van der Waals surface area contributed by atoms with E-state index in [9.17, 15) is 9.90 Å². The number of carbonyl (C=O) groups is 1. The minimum absolute atomic E-state index is 0.00630. The van der Waals surface area contributed by atoms with Crippen LogP contribution in [0.4, 0.5) is 0 Å². The molecule has 1 aromatic carbocycles. The Hall–Kier alpha value is -1.55. The third kappa shape index (κ3) is 5.76. The Morgan fingerprint density at radius 2 is 1.95 bits per heavy atom. The molecule has 0 aliphatic heterocycles. The van der Waals surface area contributed by atoms with E-state index < -0.39 is 5.60 Å². The summed E-state index contributed by atoms with van der Waals surface area (Å²) >= 11 is 0. The van der Waals surface area contributed by atoms with E-state index in [0.29, 0.717) is 19.0 Å². The van der Waals surface area contributed by atoms with Crippen molar-refractivity contribution in [1.82, 2.24) is 4.90 Å². The molecule has 0 radical (unpaired) electrons. The Bertz CT molecular complexity index is 463. The molecule has 0 saturated heterocycles. The van der Waals surface area contributed by atoms with Gasteiger partial charge in [-0.15, -0.1) is 0 Å². The van der Waals surface area contributed by atoms with Gasteiger partial charge >= 0.3 is 0 Å². The number of carbonyl (C=O) groups excluding carboxylic acids is 1. The zero-order valence-electron chi connectivity index (χ0n) is 13.7. The Morgan fingerprint density at radius 3 is 2.48 bits per heavy atom. The number of likely N-dealkylation sites (N-methyl/N-ethyl adjacent to an activating group) is 1. The molecule has 0 unspecified atom stereocenters. The second kappa shape index (κ2) is 7.46. The van der Waals surface area contributed by atoms with Gasteiger partial charge in [0, 0.05) is 13.1 Å². The van der Waals surface area contributed by atoms with Crippen LogP contribution in [0.2, 0.25) is 0 Å². The average molecular weight is 293 g/mol. The molecule has 0 aliphatic carbocycles. The third-order valence-electron chi connectivity index (χ3n) is 3.20. The van der Waals surface area contributed by atoms with E-state index >= 15 is 0 Å². The molecular formula is C17H27NO3. The van der Waals surface area contributed by atoms with Crippen LogP contribution in [0.3, 0.4) is 0 Å². The predicted molar refractivity (Wildman–Crippen MR) is 84.6 cm³/mol. The molecule has 0 spiro atoms. The number of aliphatic hydroxyl groups is 1. The van der Waals surface area contributed by atoms with Gasteiger partial charge in [-0.05, 0) is 38.3 Å². The lowest BCUT2D eigenvalue weighted by atomic mass is 10.0. The summed E-state index contributed by atoms with van der Waals surface area (Å²) in [5, 5.41) is 9.84. The van der Waals surface area contributed by atoms with E-state index in [1.807, 2.05) is 31.2 Å². The second-order valence-corrected chi connectivity index (χ2v) is 6.20. The summed E-state index contributed by atoms with van der Waals surface area (Å²) in [7, 11) is 0. The molecule has 4 nitrogen and oxygen atoms in total. The highest BCUT2D eigenvalue weighted by Gasteiger charge is 2.21. The smallest absolute Gasteiger partial charge is 0.260 e. The third-order valence-corrected chi connectivity index (χ3v) is 3.20. The van der Waals surface area contributed by atoms with Crippen LogP contribution < -0.4 is 4.74 Å². The standard InChI is InChI=1S/C17H27NO3/c1-6-18(12-17(4,5)20)16(19)11-21-15-10-8-7-9-14(15)13(2)3/h7-10,13,20H,6,11-12H2,1-5H3. The maximum absolute atomic E-state index is 12.2. The molecule has 1 N–H and O–H groups in total. The number of para-hydroxylation sites is 1. The zero-order chi connectivity index (χ0) is 16.0. The normalized spacial score (nSPS) is 11.6. The van der Waals surface area contributed by atoms with Crippen molar-refractivity contribution in [1.29, 1.82) is 0 Å². The fourth-order valence-corrected chi connectivity index (χ4v) is 2.16. The molecule has 21 heavy (non-hydrogen) atoms. The molecule has 118 valence electrons. The second-order valence-electron chi connectivity index (χ2n) is 6.20. The largest absolute Gasteiger partial charge is 0.483 e. The predicted octanol–water partition coefficient (Wildman–Crippen LogP) is 2.81. The molecule has 0 bridgehead atoms. The van der Waals surface area contributed by atoms with E-state index in [1.165, 1.54) is 0 Å². The molecule has 0 aromatic heterocycles. The molecule has 1 aromatic rings. The van der Waals surface area contributed by atoms with Gasteiger partial charge in [0.25, 0.3) is 5.91 Å². The van der Waals surface area contributed by atoms with Crippen molar-refractivity contribution in [2.75, 3.05) is 19.7 Å². The fraction of sp³-hybridized carbons (Fsp3) is 0.588. The molecule has 1 amide bonds. The van der Waals surface area contributed by atoms with Gasteiger partial charge in [-0.25, -0.2) is 0 Å². The van der Waals surface area contributed by atoms with Gasteiger partial charge < -0.3 is 14.7 Å². The summed E-state index contributed by atoms with van der Waals surface area (Å²) in [6.07, 6.45) is 0. The van der Waals surface area contributed by atoms with Gasteiger partial charge in [0.1, 0.15) is 5.75 Å². The van der Waals surface area contributed by atoms with Gasteiger partial charge in [0.15, 0.2) is 6.61 Å². The van der Waals surface area contributed by atoms with E-state index in [0.717, 1.165) is 11.3 Å². The summed E-state index contributed by atoms with van der Waals surface area (Å²) in [6, 6.07) is 7.77. The average Bonchev–Trinajstić information content (AvgIpc) is 2.41. The lowest BCUT2D eigenvalue weighted by Crippen LogP contribution is -2.44. The van der Waals surface area contributed by atoms with Crippen molar-refractivity contribution in [3.05, 3.63) is 29.8 Å². The molecule has 0 fully saturated rings. The molecule has 1 rings (SSSR count). The highest BCUT2D eigenvalue weighted by Crippen LogP contribution is 2.25. The van der Waals surface area contributed by atoms with Crippen molar-refractivity contribution in [3.63, 3.8) is 0 Å². The van der Waals surface area contributed by atoms with E-state index in [1.54, 1.807) is 18.7 Å². The summed E-state index contributed by atoms with van der Waals surface area (Å²) in [6.45, 7) is 10.3. The molecule has 0 saturated carbocycles. The summed E-state index contributed by atoms with van der Waals surface area (Å²) in [4.78, 5) is 13.8.